The summed E-state index contributed by atoms with van der Waals surface area (Å²) in [6.07, 6.45) is 5.69. The minimum absolute atomic E-state index is 0.00598. The smallest absolute Gasteiger partial charge is 0.241 e. The molecule has 0 spiro atoms. The second kappa shape index (κ2) is 6.32. The van der Waals surface area contributed by atoms with Gasteiger partial charge in [0.25, 0.3) is 0 Å². The minimum Gasteiger partial charge on any atom is -0.354 e. The van der Waals surface area contributed by atoms with E-state index in [0.29, 0.717) is 12.5 Å². The molecule has 0 bridgehead atoms. The molecule has 22 heavy (non-hydrogen) atoms. The van der Waals surface area contributed by atoms with Crippen LogP contribution < -0.4 is 10.6 Å². The van der Waals surface area contributed by atoms with E-state index in [9.17, 15) is 4.79 Å². The van der Waals surface area contributed by atoms with Gasteiger partial charge in [0.2, 0.25) is 5.91 Å². The molecule has 1 heterocycles. The third-order valence-electron chi connectivity index (χ3n) is 4.31. The molecule has 5 nitrogen and oxygen atoms in total. The summed E-state index contributed by atoms with van der Waals surface area (Å²) in [4.78, 5) is 12.4. The van der Waals surface area contributed by atoms with Crippen molar-refractivity contribution in [2.45, 2.75) is 18.9 Å². The molecule has 116 valence electrons. The van der Waals surface area contributed by atoms with Gasteiger partial charge in [0.1, 0.15) is 6.04 Å². The Labute approximate surface area is 130 Å². The molecular formula is C17H22N4O. The lowest BCUT2D eigenvalue weighted by molar-refractivity contribution is -0.123. The Morgan fingerprint density at radius 3 is 2.59 bits per heavy atom. The molecule has 0 radical (unpaired) electrons. The number of benzene rings is 1. The normalized spacial score (nSPS) is 15.5. The lowest BCUT2D eigenvalue weighted by Gasteiger charge is -2.16. The molecule has 1 atom stereocenters. The monoisotopic (exact) mass is 298 g/mol. The van der Waals surface area contributed by atoms with Gasteiger partial charge in [-0.25, -0.2) is 0 Å². The Balaban J connectivity index is 1.56. The van der Waals surface area contributed by atoms with Gasteiger partial charge in [0.05, 0.1) is 6.20 Å². The van der Waals surface area contributed by atoms with Crippen molar-refractivity contribution < 1.29 is 4.79 Å². The zero-order valence-corrected chi connectivity index (χ0v) is 13.0. The Morgan fingerprint density at radius 2 is 2.05 bits per heavy atom. The van der Waals surface area contributed by atoms with Gasteiger partial charge in [-0.05, 0) is 36.9 Å². The fourth-order valence-corrected chi connectivity index (χ4v) is 3.18. The first-order valence-electron chi connectivity index (χ1n) is 7.67. The summed E-state index contributed by atoms with van der Waals surface area (Å²) in [5.74, 6) is 0.499. The van der Waals surface area contributed by atoms with Gasteiger partial charge in [0, 0.05) is 25.4 Å². The summed E-state index contributed by atoms with van der Waals surface area (Å²) in [6, 6.07) is 8.18. The molecule has 2 aromatic rings. The minimum atomic E-state index is -0.350. The van der Waals surface area contributed by atoms with Crippen LogP contribution in [0.1, 0.15) is 22.7 Å². The van der Waals surface area contributed by atoms with Gasteiger partial charge in [-0.1, -0.05) is 24.3 Å². The average molecular weight is 298 g/mol. The summed E-state index contributed by atoms with van der Waals surface area (Å²) in [5, 5.41) is 10.3. The number of rotatable bonds is 5. The maximum absolute atomic E-state index is 12.4. The first kappa shape index (κ1) is 14.8. The number of nitrogens with one attached hydrogen (secondary N) is 2. The maximum atomic E-state index is 12.4. The first-order valence-corrected chi connectivity index (χ1v) is 7.67. The van der Waals surface area contributed by atoms with E-state index in [4.69, 9.17) is 0 Å². The average Bonchev–Trinajstić information content (AvgIpc) is 3.12. The number of fused-ring (bicyclic) bond motifs is 1. The molecule has 2 N–H and O–H groups in total. The highest BCUT2D eigenvalue weighted by molar-refractivity contribution is 5.83. The van der Waals surface area contributed by atoms with Crippen molar-refractivity contribution in [3.63, 3.8) is 0 Å². The molecule has 0 saturated heterocycles. The molecule has 0 aliphatic heterocycles. The van der Waals surface area contributed by atoms with Gasteiger partial charge < -0.3 is 10.6 Å². The number of hydrogen-bond donors (Lipinski definition) is 2. The van der Waals surface area contributed by atoms with Crippen LogP contribution in [0.4, 0.5) is 0 Å². The van der Waals surface area contributed by atoms with Crippen LogP contribution in [0.15, 0.2) is 36.7 Å². The Kier molecular flexibility index (Phi) is 4.24. The van der Waals surface area contributed by atoms with E-state index in [1.165, 1.54) is 11.1 Å². The molecule has 1 aliphatic carbocycles. The van der Waals surface area contributed by atoms with Crippen LogP contribution in [-0.2, 0) is 24.7 Å². The van der Waals surface area contributed by atoms with Crippen LogP contribution in [0.3, 0.4) is 0 Å². The van der Waals surface area contributed by atoms with Gasteiger partial charge >= 0.3 is 0 Å². The third kappa shape index (κ3) is 3.04. The fourth-order valence-electron chi connectivity index (χ4n) is 3.18. The van der Waals surface area contributed by atoms with Crippen LogP contribution >= 0.6 is 0 Å². The van der Waals surface area contributed by atoms with E-state index < -0.39 is 0 Å². The summed E-state index contributed by atoms with van der Waals surface area (Å²) >= 11 is 0. The van der Waals surface area contributed by atoms with Crippen molar-refractivity contribution in [3.05, 3.63) is 53.3 Å². The number of carbonyl (C=O) groups is 1. The number of carbonyl (C=O) groups excluding carboxylic acids is 1. The molecule has 1 aliphatic rings. The van der Waals surface area contributed by atoms with Crippen LogP contribution in [-0.4, -0.2) is 29.3 Å². The number of aromatic nitrogens is 2. The largest absolute Gasteiger partial charge is 0.354 e. The van der Waals surface area contributed by atoms with E-state index in [2.05, 4.69) is 40.0 Å². The highest BCUT2D eigenvalue weighted by atomic mass is 16.2. The summed E-state index contributed by atoms with van der Waals surface area (Å²) in [5.41, 5.74) is 3.72. The van der Waals surface area contributed by atoms with Crippen molar-refractivity contribution in [2.24, 2.45) is 13.0 Å². The number of amides is 1. The summed E-state index contributed by atoms with van der Waals surface area (Å²) < 4.78 is 1.71. The quantitative estimate of drug-likeness (QED) is 0.872. The van der Waals surface area contributed by atoms with Crippen molar-refractivity contribution in [1.82, 2.24) is 20.4 Å². The number of nitrogens with zero attached hydrogens (tertiary/aromatic N) is 2. The molecule has 1 aromatic carbocycles. The predicted molar refractivity (Wildman–Crippen MR) is 85.4 cm³/mol. The molecule has 3 rings (SSSR count). The molecule has 0 saturated carbocycles. The maximum Gasteiger partial charge on any atom is 0.241 e. The Morgan fingerprint density at radius 1 is 1.36 bits per heavy atom. The Hall–Kier alpha value is -2.14. The summed E-state index contributed by atoms with van der Waals surface area (Å²) in [6.45, 7) is 0.714. The van der Waals surface area contributed by atoms with Crippen molar-refractivity contribution in [3.8, 4) is 0 Å². The molecule has 1 aromatic heterocycles. The predicted octanol–water partition coefficient (Wildman–Crippen LogP) is 1.21. The Bertz CT molecular complexity index is 639. The van der Waals surface area contributed by atoms with E-state index in [-0.39, 0.29) is 11.9 Å². The zero-order valence-electron chi connectivity index (χ0n) is 13.0. The van der Waals surface area contributed by atoms with Crippen molar-refractivity contribution in [1.29, 1.82) is 0 Å². The van der Waals surface area contributed by atoms with E-state index >= 15 is 0 Å². The molecule has 0 fully saturated rings. The second-order valence-corrected chi connectivity index (χ2v) is 5.96. The lowest BCUT2D eigenvalue weighted by atomic mass is 10.1. The topological polar surface area (TPSA) is 59.0 Å². The first-order chi connectivity index (χ1) is 10.7. The van der Waals surface area contributed by atoms with Gasteiger partial charge in [-0.2, -0.15) is 5.10 Å². The standard InChI is InChI=1S/C17H22N4O/c1-18-16(15-10-20-21(2)11-15)17(22)19-9-12-7-13-5-3-4-6-14(13)8-12/h3-6,10-12,16,18H,7-9H2,1-2H3,(H,19,22). The molecule has 1 amide bonds. The third-order valence-corrected chi connectivity index (χ3v) is 4.31. The number of hydrogen-bond acceptors (Lipinski definition) is 3. The van der Waals surface area contributed by atoms with Crippen molar-refractivity contribution >= 4 is 5.91 Å². The molecular weight excluding hydrogens is 276 g/mol. The highest BCUT2D eigenvalue weighted by Gasteiger charge is 2.24. The molecule has 1 unspecified atom stereocenters. The van der Waals surface area contributed by atoms with E-state index in [1.807, 2.05) is 13.2 Å². The van der Waals surface area contributed by atoms with Crippen LogP contribution in [0.2, 0.25) is 0 Å². The molecule has 5 heteroatoms. The fraction of sp³-hybridized carbons (Fsp3) is 0.412. The van der Waals surface area contributed by atoms with E-state index in [1.54, 1.807) is 17.9 Å². The lowest BCUT2D eigenvalue weighted by Crippen LogP contribution is -2.38. The zero-order chi connectivity index (χ0) is 15.5. The van der Waals surface area contributed by atoms with Crippen molar-refractivity contribution in [2.75, 3.05) is 13.6 Å². The van der Waals surface area contributed by atoms with Gasteiger partial charge in [-0.3, -0.25) is 9.48 Å². The van der Waals surface area contributed by atoms with Gasteiger partial charge in [-0.15, -0.1) is 0 Å². The van der Waals surface area contributed by atoms with E-state index in [0.717, 1.165) is 18.4 Å². The second-order valence-electron chi connectivity index (χ2n) is 5.96. The summed E-state index contributed by atoms with van der Waals surface area (Å²) in [7, 11) is 3.65. The number of aryl methyl sites for hydroxylation is 1. The highest BCUT2D eigenvalue weighted by Crippen LogP contribution is 2.26. The van der Waals surface area contributed by atoms with Gasteiger partial charge in [0.15, 0.2) is 0 Å². The SMILES string of the molecule is CNC(C(=O)NCC1Cc2ccccc2C1)c1cnn(C)c1. The van der Waals surface area contributed by atoms with Crippen LogP contribution in [0.25, 0.3) is 0 Å². The van der Waals surface area contributed by atoms with Crippen LogP contribution in [0, 0.1) is 5.92 Å². The van der Waals surface area contributed by atoms with Crippen LogP contribution in [0.5, 0.6) is 0 Å². The number of likely N-dealkylation sites (N-methyl/N-ethyl adjacent to an activating group) is 1.